The van der Waals surface area contributed by atoms with E-state index in [4.69, 9.17) is 4.74 Å². The number of rotatable bonds is 4. The Hall–Kier alpha value is -2.04. The van der Waals surface area contributed by atoms with Crippen LogP contribution in [0.15, 0.2) is 18.2 Å². The van der Waals surface area contributed by atoms with Crippen molar-refractivity contribution in [2.75, 3.05) is 13.2 Å². The SMILES string of the molecule is Cc1ccc(OCC(=O)N2CCCC[C@H]2C(=O)O)c(C)c1. The molecule has 0 saturated carbocycles. The zero-order valence-corrected chi connectivity index (χ0v) is 12.5. The second-order valence-electron chi connectivity index (χ2n) is 5.49. The molecule has 5 heteroatoms. The van der Waals surface area contributed by atoms with Crippen LogP contribution < -0.4 is 4.74 Å². The van der Waals surface area contributed by atoms with Crippen LogP contribution in [-0.4, -0.2) is 41.1 Å². The van der Waals surface area contributed by atoms with Gasteiger partial charge in [0.1, 0.15) is 11.8 Å². The number of hydrogen-bond donors (Lipinski definition) is 1. The lowest BCUT2D eigenvalue weighted by atomic mass is 10.0. The van der Waals surface area contributed by atoms with Crippen molar-refractivity contribution in [3.8, 4) is 5.75 Å². The summed E-state index contributed by atoms with van der Waals surface area (Å²) in [6.45, 7) is 4.29. The molecule has 1 aliphatic heterocycles. The molecule has 1 heterocycles. The molecule has 1 amide bonds. The van der Waals surface area contributed by atoms with Gasteiger partial charge in [-0.2, -0.15) is 0 Å². The summed E-state index contributed by atoms with van der Waals surface area (Å²) in [6, 6.07) is 5.03. The highest BCUT2D eigenvalue weighted by Gasteiger charge is 2.31. The summed E-state index contributed by atoms with van der Waals surface area (Å²) >= 11 is 0. The van der Waals surface area contributed by atoms with Crippen LogP contribution in [0.3, 0.4) is 0 Å². The molecule has 1 saturated heterocycles. The van der Waals surface area contributed by atoms with Gasteiger partial charge < -0.3 is 14.7 Å². The first-order valence-electron chi connectivity index (χ1n) is 7.21. The molecule has 0 unspecified atom stereocenters. The maximum atomic E-state index is 12.2. The Morgan fingerprint density at radius 2 is 2.10 bits per heavy atom. The highest BCUT2D eigenvalue weighted by Crippen LogP contribution is 2.20. The summed E-state index contributed by atoms with van der Waals surface area (Å²) in [5, 5.41) is 9.18. The third-order valence-electron chi connectivity index (χ3n) is 3.79. The first kappa shape index (κ1) is 15.4. The summed E-state index contributed by atoms with van der Waals surface area (Å²) in [5.41, 5.74) is 2.10. The summed E-state index contributed by atoms with van der Waals surface area (Å²) in [5.74, 6) is -0.533. The van der Waals surface area contributed by atoms with Gasteiger partial charge in [0.25, 0.3) is 5.91 Å². The molecule has 1 aromatic rings. The number of piperidine rings is 1. The molecular formula is C16H21NO4. The lowest BCUT2D eigenvalue weighted by Crippen LogP contribution is -2.49. The minimum atomic E-state index is -0.936. The maximum absolute atomic E-state index is 12.2. The van der Waals surface area contributed by atoms with Crippen molar-refractivity contribution in [1.29, 1.82) is 0 Å². The molecule has 0 bridgehead atoms. The van der Waals surface area contributed by atoms with Crippen LogP contribution in [0.4, 0.5) is 0 Å². The normalized spacial score (nSPS) is 18.4. The zero-order valence-electron chi connectivity index (χ0n) is 12.5. The van der Waals surface area contributed by atoms with Crippen molar-refractivity contribution in [3.05, 3.63) is 29.3 Å². The summed E-state index contributed by atoms with van der Waals surface area (Å²) in [4.78, 5) is 24.8. The van der Waals surface area contributed by atoms with Crippen LogP contribution in [0, 0.1) is 13.8 Å². The number of likely N-dealkylation sites (tertiary alicyclic amines) is 1. The number of nitrogens with zero attached hydrogens (tertiary/aromatic N) is 1. The quantitative estimate of drug-likeness (QED) is 0.923. The van der Waals surface area contributed by atoms with E-state index in [-0.39, 0.29) is 12.5 Å². The topological polar surface area (TPSA) is 66.8 Å². The molecule has 1 N–H and O–H groups in total. The Morgan fingerprint density at radius 1 is 1.33 bits per heavy atom. The number of hydrogen-bond acceptors (Lipinski definition) is 3. The first-order chi connectivity index (χ1) is 9.99. The van der Waals surface area contributed by atoms with Gasteiger partial charge in [-0.05, 0) is 44.7 Å². The van der Waals surface area contributed by atoms with Crippen molar-refractivity contribution in [1.82, 2.24) is 4.90 Å². The summed E-state index contributed by atoms with van der Waals surface area (Å²) in [7, 11) is 0. The van der Waals surface area contributed by atoms with E-state index in [2.05, 4.69) is 0 Å². The zero-order chi connectivity index (χ0) is 15.4. The van der Waals surface area contributed by atoms with Gasteiger partial charge >= 0.3 is 5.97 Å². The lowest BCUT2D eigenvalue weighted by Gasteiger charge is -2.32. The number of aliphatic carboxylic acids is 1. The van der Waals surface area contributed by atoms with Gasteiger partial charge in [0.2, 0.25) is 0 Å². The Kier molecular flexibility index (Phi) is 4.83. The average Bonchev–Trinajstić information content (AvgIpc) is 2.46. The smallest absolute Gasteiger partial charge is 0.326 e. The Labute approximate surface area is 124 Å². The minimum Gasteiger partial charge on any atom is -0.483 e. The third kappa shape index (κ3) is 3.74. The van der Waals surface area contributed by atoms with E-state index >= 15 is 0 Å². The van der Waals surface area contributed by atoms with Crippen molar-refractivity contribution in [3.63, 3.8) is 0 Å². The van der Waals surface area contributed by atoms with Crippen LogP contribution in [-0.2, 0) is 9.59 Å². The van der Waals surface area contributed by atoms with Gasteiger partial charge in [0.05, 0.1) is 0 Å². The van der Waals surface area contributed by atoms with Crippen molar-refractivity contribution < 1.29 is 19.4 Å². The third-order valence-corrected chi connectivity index (χ3v) is 3.79. The Balaban J connectivity index is 1.98. The standard InChI is InChI=1S/C16H21NO4/c1-11-6-7-14(12(2)9-11)21-10-15(18)17-8-4-3-5-13(17)16(19)20/h6-7,9,13H,3-5,8,10H2,1-2H3,(H,19,20)/t13-/m0/s1. The van der Waals surface area contributed by atoms with Crippen molar-refractivity contribution >= 4 is 11.9 Å². The Bertz CT molecular complexity index is 541. The van der Waals surface area contributed by atoms with Crippen LogP contribution >= 0.6 is 0 Å². The molecule has 1 aliphatic rings. The number of aryl methyl sites for hydroxylation is 2. The van der Waals surface area contributed by atoms with Crippen LogP contribution in [0.5, 0.6) is 5.75 Å². The molecule has 1 aromatic carbocycles. The second-order valence-corrected chi connectivity index (χ2v) is 5.49. The Morgan fingerprint density at radius 3 is 2.76 bits per heavy atom. The lowest BCUT2D eigenvalue weighted by molar-refractivity contribution is -0.152. The van der Waals surface area contributed by atoms with Crippen LogP contribution in [0.2, 0.25) is 0 Å². The number of carbonyl (C=O) groups is 2. The van der Waals surface area contributed by atoms with Gasteiger partial charge in [-0.15, -0.1) is 0 Å². The molecule has 5 nitrogen and oxygen atoms in total. The first-order valence-corrected chi connectivity index (χ1v) is 7.21. The predicted molar refractivity (Wildman–Crippen MR) is 78.4 cm³/mol. The van der Waals surface area contributed by atoms with E-state index < -0.39 is 12.0 Å². The number of carboxylic acids is 1. The van der Waals surface area contributed by atoms with Crippen molar-refractivity contribution in [2.45, 2.75) is 39.2 Å². The van der Waals surface area contributed by atoms with Gasteiger partial charge in [-0.25, -0.2) is 4.79 Å². The fourth-order valence-electron chi connectivity index (χ4n) is 2.67. The summed E-state index contributed by atoms with van der Waals surface area (Å²) < 4.78 is 5.55. The van der Waals surface area contributed by atoms with Gasteiger partial charge in [0.15, 0.2) is 6.61 Å². The summed E-state index contributed by atoms with van der Waals surface area (Å²) in [6.07, 6.45) is 2.21. The molecular weight excluding hydrogens is 270 g/mol. The predicted octanol–water partition coefficient (Wildman–Crippen LogP) is 2.15. The molecule has 2 rings (SSSR count). The number of carbonyl (C=O) groups excluding carboxylic acids is 1. The molecule has 1 atom stereocenters. The fourth-order valence-corrected chi connectivity index (χ4v) is 2.67. The molecule has 0 aromatic heterocycles. The van der Waals surface area contributed by atoms with E-state index in [1.165, 1.54) is 4.90 Å². The van der Waals surface area contributed by atoms with E-state index in [1.807, 2.05) is 32.0 Å². The van der Waals surface area contributed by atoms with Gasteiger partial charge in [-0.3, -0.25) is 4.79 Å². The monoisotopic (exact) mass is 291 g/mol. The number of carboxylic acid groups (broad SMARTS) is 1. The molecule has 0 radical (unpaired) electrons. The van der Waals surface area contributed by atoms with E-state index in [1.54, 1.807) is 0 Å². The molecule has 1 fully saturated rings. The second kappa shape index (κ2) is 6.61. The number of ether oxygens (including phenoxy) is 1. The van der Waals surface area contributed by atoms with Gasteiger partial charge in [0, 0.05) is 6.54 Å². The van der Waals surface area contributed by atoms with Gasteiger partial charge in [-0.1, -0.05) is 17.7 Å². The molecule has 0 spiro atoms. The minimum absolute atomic E-state index is 0.117. The average molecular weight is 291 g/mol. The van der Waals surface area contributed by atoms with E-state index in [0.717, 1.165) is 24.0 Å². The van der Waals surface area contributed by atoms with E-state index in [0.29, 0.717) is 18.7 Å². The number of amides is 1. The highest BCUT2D eigenvalue weighted by molar-refractivity contribution is 5.84. The van der Waals surface area contributed by atoms with Crippen molar-refractivity contribution in [2.24, 2.45) is 0 Å². The largest absolute Gasteiger partial charge is 0.483 e. The number of benzene rings is 1. The highest BCUT2D eigenvalue weighted by atomic mass is 16.5. The molecule has 114 valence electrons. The molecule has 21 heavy (non-hydrogen) atoms. The fraction of sp³-hybridized carbons (Fsp3) is 0.500. The maximum Gasteiger partial charge on any atom is 0.326 e. The van der Waals surface area contributed by atoms with E-state index in [9.17, 15) is 14.7 Å². The molecule has 0 aliphatic carbocycles. The van der Waals surface area contributed by atoms with Crippen LogP contribution in [0.25, 0.3) is 0 Å². The van der Waals surface area contributed by atoms with Crippen LogP contribution in [0.1, 0.15) is 30.4 Å².